The lowest BCUT2D eigenvalue weighted by atomic mass is 10.1. The van der Waals surface area contributed by atoms with E-state index in [-0.39, 0.29) is 10.8 Å². The zero-order valence-electron chi connectivity index (χ0n) is 11.6. The van der Waals surface area contributed by atoms with Crippen molar-refractivity contribution in [1.82, 2.24) is 14.1 Å². The topological polar surface area (TPSA) is 102 Å². The number of hydrogen-bond donors (Lipinski definition) is 3. The van der Waals surface area contributed by atoms with Crippen LogP contribution in [-0.2, 0) is 10.0 Å². The number of rotatable bonds is 5. The van der Waals surface area contributed by atoms with Crippen LogP contribution in [0.1, 0.15) is 25.7 Å². The molecule has 3 rings (SSSR count). The third-order valence-electron chi connectivity index (χ3n) is 3.91. The summed E-state index contributed by atoms with van der Waals surface area (Å²) in [5.74, 6) is 5.99. The Bertz CT molecular complexity index is 734. The molecule has 2 heterocycles. The van der Waals surface area contributed by atoms with Crippen LogP contribution in [0, 0.1) is 5.92 Å². The first-order valence-corrected chi connectivity index (χ1v) is 8.53. The molecule has 21 heavy (non-hydrogen) atoms. The van der Waals surface area contributed by atoms with Gasteiger partial charge in [-0.1, -0.05) is 18.9 Å². The van der Waals surface area contributed by atoms with Crippen molar-refractivity contribution in [2.75, 3.05) is 12.0 Å². The highest BCUT2D eigenvalue weighted by Gasteiger charge is 2.26. The van der Waals surface area contributed by atoms with E-state index in [0.29, 0.717) is 18.1 Å². The van der Waals surface area contributed by atoms with Gasteiger partial charge in [-0.15, -0.1) is 0 Å². The fourth-order valence-corrected chi connectivity index (χ4v) is 4.20. The van der Waals surface area contributed by atoms with E-state index in [1.807, 2.05) is 0 Å². The quantitative estimate of drug-likeness (QED) is 0.567. The molecule has 1 fully saturated rings. The number of nitrogen functional groups attached to an aromatic ring is 1. The summed E-state index contributed by atoms with van der Waals surface area (Å²) in [6, 6.07) is 5.28. The van der Waals surface area contributed by atoms with Crippen LogP contribution < -0.4 is 16.0 Å². The maximum absolute atomic E-state index is 12.6. The van der Waals surface area contributed by atoms with E-state index in [1.165, 1.54) is 17.2 Å². The molecule has 114 valence electrons. The standard InChI is InChI=1S/C13H19N5O2S/c14-17-12-13(18-8-4-3-7-11(18)16-12)21(19,20)15-9-10-5-1-2-6-10/h3-4,7-8,10,15,17H,1-2,5-6,9,14H2. The van der Waals surface area contributed by atoms with Gasteiger partial charge in [0, 0.05) is 12.7 Å². The minimum absolute atomic E-state index is 0.0543. The number of nitrogens with two attached hydrogens (primary N) is 1. The molecular formula is C13H19N5O2S. The Morgan fingerprint density at radius 2 is 2.10 bits per heavy atom. The van der Waals surface area contributed by atoms with Crippen molar-refractivity contribution in [1.29, 1.82) is 0 Å². The summed E-state index contributed by atoms with van der Waals surface area (Å²) in [5.41, 5.74) is 2.90. The highest BCUT2D eigenvalue weighted by atomic mass is 32.2. The smallest absolute Gasteiger partial charge is 0.260 e. The van der Waals surface area contributed by atoms with Crippen LogP contribution in [0.4, 0.5) is 5.82 Å². The first kappa shape index (κ1) is 14.3. The number of imidazole rings is 1. The van der Waals surface area contributed by atoms with Gasteiger partial charge in [0.1, 0.15) is 5.65 Å². The third kappa shape index (κ3) is 2.74. The lowest BCUT2D eigenvalue weighted by molar-refractivity contribution is 0.518. The zero-order valence-corrected chi connectivity index (χ0v) is 12.4. The van der Waals surface area contributed by atoms with E-state index >= 15 is 0 Å². The van der Waals surface area contributed by atoms with Gasteiger partial charge in [0.15, 0.2) is 10.8 Å². The molecule has 0 aliphatic heterocycles. The van der Waals surface area contributed by atoms with Crippen LogP contribution in [0.5, 0.6) is 0 Å². The molecule has 0 bridgehead atoms. The van der Waals surface area contributed by atoms with Gasteiger partial charge in [-0.25, -0.2) is 24.0 Å². The van der Waals surface area contributed by atoms with E-state index in [0.717, 1.165) is 12.8 Å². The minimum atomic E-state index is -3.67. The molecule has 0 saturated heterocycles. The monoisotopic (exact) mass is 309 g/mol. The van der Waals surface area contributed by atoms with Gasteiger partial charge < -0.3 is 5.43 Å². The van der Waals surface area contributed by atoms with Gasteiger partial charge in [0.05, 0.1) is 0 Å². The molecule has 0 unspecified atom stereocenters. The van der Waals surface area contributed by atoms with Crippen LogP contribution in [0.15, 0.2) is 29.4 Å². The molecule has 7 nitrogen and oxygen atoms in total. The van der Waals surface area contributed by atoms with Gasteiger partial charge >= 0.3 is 0 Å². The number of anilines is 1. The fraction of sp³-hybridized carbons (Fsp3) is 0.462. The zero-order chi connectivity index (χ0) is 14.9. The van der Waals surface area contributed by atoms with Crippen molar-refractivity contribution in [3.05, 3.63) is 24.4 Å². The molecule has 0 aromatic carbocycles. The molecule has 1 aliphatic carbocycles. The third-order valence-corrected chi connectivity index (χ3v) is 5.36. The van der Waals surface area contributed by atoms with Crippen LogP contribution in [-0.4, -0.2) is 24.3 Å². The summed E-state index contributed by atoms with van der Waals surface area (Å²) in [7, 11) is -3.67. The minimum Gasteiger partial charge on any atom is -0.306 e. The average molecular weight is 309 g/mol. The van der Waals surface area contributed by atoms with Crippen LogP contribution in [0.2, 0.25) is 0 Å². The summed E-state index contributed by atoms with van der Waals surface area (Å²) in [6.07, 6.45) is 6.18. The molecule has 2 aromatic rings. The van der Waals surface area contributed by atoms with Crippen molar-refractivity contribution < 1.29 is 8.42 Å². The van der Waals surface area contributed by atoms with Crippen molar-refractivity contribution >= 4 is 21.5 Å². The molecule has 1 saturated carbocycles. The lowest BCUT2D eigenvalue weighted by Gasteiger charge is -2.11. The maximum Gasteiger partial charge on any atom is 0.260 e. The number of nitrogens with zero attached hydrogens (tertiary/aromatic N) is 2. The fourth-order valence-electron chi connectivity index (χ4n) is 2.83. The number of sulfonamides is 1. The summed E-state index contributed by atoms with van der Waals surface area (Å²) in [5, 5.41) is 0.0543. The van der Waals surface area contributed by atoms with Gasteiger partial charge in [-0.2, -0.15) is 0 Å². The summed E-state index contributed by atoms with van der Waals surface area (Å²) in [4.78, 5) is 4.18. The number of pyridine rings is 1. The Balaban J connectivity index is 1.93. The summed E-state index contributed by atoms with van der Waals surface area (Å²) in [6.45, 7) is 0.465. The molecular weight excluding hydrogens is 290 g/mol. The number of aromatic nitrogens is 2. The Morgan fingerprint density at radius 1 is 1.33 bits per heavy atom. The number of hydrazine groups is 1. The SMILES string of the molecule is NNc1nc2ccccn2c1S(=O)(=O)NCC1CCCC1. The highest BCUT2D eigenvalue weighted by molar-refractivity contribution is 7.89. The van der Waals surface area contributed by atoms with Crippen LogP contribution >= 0.6 is 0 Å². The van der Waals surface area contributed by atoms with Crippen molar-refractivity contribution in [2.24, 2.45) is 11.8 Å². The van der Waals surface area contributed by atoms with Gasteiger partial charge in [-0.05, 0) is 30.9 Å². The van der Waals surface area contributed by atoms with Crippen molar-refractivity contribution in [3.8, 4) is 0 Å². The number of fused-ring (bicyclic) bond motifs is 1. The maximum atomic E-state index is 12.6. The van der Waals surface area contributed by atoms with Crippen LogP contribution in [0.3, 0.4) is 0 Å². The lowest BCUT2D eigenvalue weighted by Crippen LogP contribution is -2.30. The van der Waals surface area contributed by atoms with E-state index in [4.69, 9.17) is 5.84 Å². The molecule has 4 N–H and O–H groups in total. The Hall–Kier alpha value is -1.64. The van der Waals surface area contributed by atoms with E-state index in [1.54, 1.807) is 24.4 Å². The molecule has 1 aliphatic rings. The van der Waals surface area contributed by atoms with Gasteiger partial charge in [0.2, 0.25) is 0 Å². The second-order valence-electron chi connectivity index (χ2n) is 5.34. The number of nitrogens with one attached hydrogen (secondary N) is 2. The van der Waals surface area contributed by atoms with Crippen LogP contribution in [0.25, 0.3) is 5.65 Å². The molecule has 8 heteroatoms. The first-order chi connectivity index (χ1) is 10.1. The molecule has 2 aromatic heterocycles. The largest absolute Gasteiger partial charge is 0.306 e. The molecule has 0 atom stereocenters. The average Bonchev–Trinajstić information content (AvgIpc) is 3.12. The Morgan fingerprint density at radius 3 is 2.81 bits per heavy atom. The van der Waals surface area contributed by atoms with E-state index in [2.05, 4.69) is 15.1 Å². The second kappa shape index (κ2) is 5.63. The normalized spacial score (nSPS) is 16.6. The summed E-state index contributed by atoms with van der Waals surface area (Å²) >= 11 is 0. The van der Waals surface area contributed by atoms with Crippen molar-refractivity contribution in [2.45, 2.75) is 30.7 Å². The molecule has 0 spiro atoms. The van der Waals surface area contributed by atoms with Crippen molar-refractivity contribution in [3.63, 3.8) is 0 Å². The summed E-state index contributed by atoms with van der Waals surface area (Å²) < 4.78 is 29.4. The number of hydrogen-bond acceptors (Lipinski definition) is 5. The first-order valence-electron chi connectivity index (χ1n) is 7.05. The predicted octanol–water partition coefficient (Wildman–Crippen LogP) is 1.09. The Kier molecular flexibility index (Phi) is 3.83. The second-order valence-corrected chi connectivity index (χ2v) is 7.02. The Labute approximate surface area is 123 Å². The van der Waals surface area contributed by atoms with Gasteiger partial charge in [-0.3, -0.25) is 4.40 Å². The van der Waals surface area contributed by atoms with E-state index < -0.39 is 10.0 Å². The predicted molar refractivity (Wildman–Crippen MR) is 80.1 cm³/mol. The van der Waals surface area contributed by atoms with Gasteiger partial charge in [0.25, 0.3) is 10.0 Å². The van der Waals surface area contributed by atoms with E-state index in [9.17, 15) is 8.42 Å². The molecule has 0 amide bonds. The highest BCUT2D eigenvalue weighted by Crippen LogP contribution is 2.25. The molecule has 0 radical (unpaired) electrons.